The van der Waals surface area contributed by atoms with Crippen LogP contribution in [-0.4, -0.2) is 24.1 Å². The summed E-state index contributed by atoms with van der Waals surface area (Å²) in [4.78, 5) is 17.2. The van der Waals surface area contributed by atoms with E-state index in [2.05, 4.69) is 10.3 Å². The molecule has 0 unspecified atom stereocenters. The van der Waals surface area contributed by atoms with Crippen molar-refractivity contribution in [2.75, 3.05) is 18.5 Å². The summed E-state index contributed by atoms with van der Waals surface area (Å²) >= 11 is 7.55. The Morgan fingerprint density at radius 1 is 1.36 bits per heavy atom. The molecule has 1 aromatic heterocycles. The van der Waals surface area contributed by atoms with Crippen LogP contribution in [0.3, 0.4) is 0 Å². The number of benzene rings is 1. The highest BCUT2D eigenvalue weighted by molar-refractivity contribution is 7.15. The van der Waals surface area contributed by atoms with E-state index < -0.39 is 0 Å². The lowest BCUT2D eigenvalue weighted by Crippen LogP contribution is -2.20. The molecule has 7 heteroatoms. The van der Waals surface area contributed by atoms with Gasteiger partial charge in [-0.05, 0) is 11.6 Å². The maximum Gasteiger partial charge on any atom is 0.295 e. The van der Waals surface area contributed by atoms with Crippen LogP contribution in [0.4, 0.5) is 5.13 Å². The van der Waals surface area contributed by atoms with Crippen molar-refractivity contribution >= 4 is 34.0 Å². The molecule has 2 aromatic rings. The number of thiazole rings is 1. The molecule has 0 fully saturated rings. The lowest BCUT2D eigenvalue weighted by molar-refractivity contribution is -0.117. The SMILES string of the molecule is O=C(Nc1ncc(Cc2ccccc2Cl)s1)C1=COCCO1. The highest BCUT2D eigenvalue weighted by Crippen LogP contribution is 2.25. The Hall–Kier alpha value is -2.05. The van der Waals surface area contributed by atoms with Gasteiger partial charge in [0.25, 0.3) is 5.91 Å². The summed E-state index contributed by atoms with van der Waals surface area (Å²) in [5, 5.41) is 3.93. The van der Waals surface area contributed by atoms with Crippen molar-refractivity contribution in [1.82, 2.24) is 4.98 Å². The molecule has 0 aliphatic carbocycles. The number of hydrogen-bond donors (Lipinski definition) is 1. The van der Waals surface area contributed by atoms with Gasteiger partial charge in [-0.15, -0.1) is 11.3 Å². The predicted molar refractivity (Wildman–Crippen MR) is 85.0 cm³/mol. The summed E-state index contributed by atoms with van der Waals surface area (Å²) in [6, 6.07) is 7.66. The molecule has 1 aliphatic rings. The summed E-state index contributed by atoms with van der Waals surface area (Å²) in [6.45, 7) is 0.824. The van der Waals surface area contributed by atoms with E-state index in [1.807, 2.05) is 24.3 Å². The Bertz CT molecular complexity index is 714. The highest BCUT2D eigenvalue weighted by atomic mass is 35.5. The van der Waals surface area contributed by atoms with Gasteiger partial charge in [0.2, 0.25) is 5.76 Å². The molecule has 0 radical (unpaired) electrons. The number of carbonyl (C=O) groups excluding carboxylic acids is 1. The number of aromatic nitrogens is 1. The van der Waals surface area contributed by atoms with Crippen LogP contribution in [0.5, 0.6) is 0 Å². The first-order valence-electron chi connectivity index (χ1n) is 6.66. The van der Waals surface area contributed by atoms with Gasteiger partial charge in [-0.1, -0.05) is 29.8 Å². The molecule has 1 N–H and O–H groups in total. The molecule has 0 saturated heterocycles. The molecular weight excluding hydrogens is 324 g/mol. The van der Waals surface area contributed by atoms with E-state index in [0.717, 1.165) is 15.5 Å². The van der Waals surface area contributed by atoms with Gasteiger partial charge in [0, 0.05) is 22.5 Å². The first-order valence-corrected chi connectivity index (χ1v) is 7.86. The molecule has 0 bridgehead atoms. The summed E-state index contributed by atoms with van der Waals surface area (Å²) in [7, 11) is 0. The third kappa shape index (κ3) is 3.58. The molecule has 0 saturated carbocycles. The fourth-order valence-electron chi connectivity index (χ4n) is 1.92. The van der Waals surface area contributed by atoms with E-state index in [1.54, 1.807) is 6.20 Å². The fourth-order valence-corrected chi connectivity index (χ4v) is 2.96. The van der Waals surface area contributed by atoms with Crippen molar-refractivity contribution in [3.05, 3.63) is 57.9 Å². The van der Waals surface area contributed by atoms with Crippen LogP contribution in [0.1, 0.15) is 10.4 Å². The normalized spacial score (nSPS) is 13.8. The first-order chi connectivity index (χ1) is 10.7. The second-order valence-corrected chi connectivity index (χ2v) is 6.08. The van der Waals surface area contributed by atoms with Crippen LogP contribution in [0, 0.1) is 0 Å². The second kappa shape index (κ2) is 6.81. The van der Waals surface area contributed by atoms with Crippen molar-refractivity contribution in [3.8, 4) is 0 Å². The predicted octanol–water partition coefficient (Wildman–Crippen LogP) is 3.21. The Balaban J connectivity index is 1.65. The molecule has 0 spiro atoms. The molecule has 0 atom stereocenters. The molecule has 1 amide bonds. The highest BCUT2D eigenvalue weighted by Gasteiger charge is 2.16. The van der Waals surface area contributed by atoms with Crippen LogP contribution < -0.4 is 5.32 Å². The first kappa shape index (κ1) is 14.9. The molecule has 114 valence electrons. The van der Waals surface area contributed by atoms with Crippen molar-refractivity contribution < 1.29 is 14.3 Å². The Morgan fingerprint density at radius 3 is 3.00 bits per heavy atom. The van der Waals surface area contributed by atoms with Gasteiger partial charge < -0.3 is 9.47 Å². The maximum atomic E-state index is 12.0. The van der Waals surface area contributed by atoms with Gasteiger partial charge >= 0.3 is 0 Å². The van der Waals surface area contributed by atoms with Crippen LogP contribution in [0.2, 0.25) is 5.02 Å². The van der Waals surface area contributed by atoms with Crippen molar-refractivity contribution in [2.45, 2.75) is 6.42 Å². The van der Waals surface area contributed by atoms with Crippen molar-refractivity contribution in [2.24, 2.45) is 0 Å². The topological polar surface area (TPSA) is 60.5 Å². The van der Waals surface area contributed by atoms with Crippen LogP contribution in [0.15, 0.2) is 42.5 Å². The standard InChI is InChI=1S/C15H13ClN2O3S/c16-12-4-2-1-3-10(12)7-11-8-17-15(22-11)18-14(19)13-9-20-5-6-21-13/h1-4,8-9H,5-7H2,(H,17,18,19). The number of ether oxygens (including phenoxy) is 2. The third-order valence-corrected chi connectivity index (χ3v) is 4.25. The smallest absolute Gasteiger partial charge is 0.295 e. The van der Waals surface area contributed by atoms with E-state index in [-0.39, 0.29) is 11.7 Å². The average Bonchev–Trinajstić information content (AvgIpc) is 2.97. The molecule has 5 nitrogen and oxygen atoms in total. The van der Waals surface area contributed by atoms with Gasteiger partial charge in [0.15, 0.2) is 5.13 Å². The number of rotatable bonds is 4. The Kier molecular flexibility index (Phi) is 4.60. The summed E-state index contributed by atoms with van der Waals surface area (Å²) < 4.78 is 10.3. The number of amides is 1. The zero-order chi connectivity index (χ0) is 15.4. The largest absolute Gasteiger partial charge is 0.494 e. The summed E-state index contributed by atoms with van der Waals surface area (Å²) in [6.07, 6.45) is 3.73. The molecule has 22 heavy (non-hydrogen) atoms. The zero-order valence-corrected chi connectivity index (χ0v) is 13.1. The zero-order valence-electron chi connectivity index (χ0n) is 11.5. The number of carbonyl (C=O) groups is 1. The van der Waals surface area contributed by atoms with Crippen molar-refractivity contribution in [3.63, 3.8) is 0 Å². The monoisotopic (exact) mass is 336 g/mol. The number of anilines is 1. The number of hydrogen-bond acceptors (Lipinski definition) is 5. The van der Waals surface area contributed by atoms with Gasteiger partial charge in [0.1, 0.15) is 19.5 Å². The number of nitrogens with zero attached hydrogens (tertiary/aromatic N) is 1. The average molecular weight is 337 g/mol. The summed E-state index contributed by atoms with van der Waals surface area (Å²) in [5.41, 5.74) is 1.03. The molecule has 1 aliphatic heterocycles. The molecular formula is C15H13ClN2O3S. The van der Waals surface area contributed by atoms with E-state index in [1.165, 1.54) is 17.6 Å². The van der Waals surface area contributed by atoms with Gasteiger partial charge in [-0.3, -0.25) is 10.1 Å². The van der Waals surface area contributed by atoms with E-state index >= 15 is 0 Å². The molecule has 3 rings (SSSR count). The minimum Gasteiger partial charge on any atom is -0.494 e. The van der Waals surface area contributed by atoms with E-state index in [0.29, 0.717) is 24.8 Å². The van der Waals surface area contributed by atoms with E-state index in [9.17, 15) is 4.79 Å². The van der Waals surface area contributed by atoms with Gasteiger partial charge in [0.05, 0.1) is 0 Å². The molecule has 1 aromatic carbocycles. The van der Waals surface area contributed by atoms with Crippen LogP contribution in [-0.2, 0) is 20.7 Å². The second-order valence-electron chi connectivity index (χ2n) is 4.56. The molecule has 2 heterocycles. The minimum atomic E-state index is -0.363. The van der Waals surface area contributed by atoms with Crippen LogP contribution >= 0.6 is 22.9 Å². The fraction of sp³-hybridized carbons (Fsp3) is 0.200. The van der Waals surface area contributed by atoms with Crippen molar-refractivity contribution in [1.29, 1.82) is 0 Å². The number of halogens is 1. The lowest BCUT2D eigenvalue weighted by atomic mass is 10.1. The lowest BCUT2D eigenvalue weighted by Gasteiger charge is -2.14. The van der Waals surface area contributed by atoms with Gasteiger partial charge in [-0.25, -0.2) is 4.98 Å². The maximum absolute atomic E-state index is 12.0. The van der Waals surface area contributed by atoms with Gasteiger partial charge in [-0.2, -0.15) is 0 Å². The minimum absolute atomic E-state index is 0.161. The quantitative estimate of drug-likeness (QED) is 0.931. The third-order valence-electron chi connectivity index (χ3n) is 2.97. The van der Waals surface area contributed by atoms with E-state index in [4.69, 9.17) is 21.1 Å². The van der Waals surface area contributed by atoms with Crippen LogP contribution in [0.25, 0.3) is 0 Å². The number of nitrogens with one attached hydrogen (secondary N) is 1. The Morgan fingerprint density at radius 2 is 2.23 bits per heavy atom. The summed E-state index contributed by atoms with van der Waals surface area (Å²) in [5.74, 6) is -0.201. The Labute approximate surface area is 136 Å².